The second kappa shape index (κ2) is 18.4. The molecule has 7 heteroatoms. The number of nitrogens with two attached hydrogens (primary N) is 1. The van der Waals surface area contributed by atoms with Crippen LogP contribution in [-0.4, -0.2) is 65.9 Å². The van der Waals surface area contributed by atoms with E-state index in [-0.39, 0.29) is 12.4 Å². The van der Waals surface area contributed by atoms with Crippen molar-refractivity contribution in [2.75, 3.05) is 59.9 Å². The van der Waals surface area contributed by atoms with Crippen molar-refractivity contribution in [1.82, 2.24) is 0 Å². The Hall–Kier alpha value is -1.67. The quantitative estimate of drug-likeness (QED) is 0.276. The van der Waals surface area contributed by atoms with Crippen molar-refractivity contribution in [1.29, 1.82) is 0 Å². The topological polar surface area (TPSA) is 89.2 Å². The maximum Gasteiger partial charge on any atom is 0.307 e. The Labute approximate surface area is 174 Å². The lowest BCUT2D eigenvalue weighted by Crippen LogP contribution is -2.12. The molecule has 166 valence electrons. The molecular formula is C22H37NO6. The molecule has 0 bridgehead atoms. The first kappa shape index (κ1) is 25.4. The molecule has 0 aliphatic heterocycles. The van der Waals surface area contributed by atoms with Gasteiger partial charge < -0.3 is 29.4 Å². The number of rotatable bonds is 19. The number of methoxy groups -OCH3 is 1. The minimum atomic E-state index is -0.264. The highest BCUT2D eigenvalue weighted by atomic mass is 16.5. The van der Waals surface area contributed by atoms with E-state index < -0.39 is 0 Å². The van der Waals surface area contributed by atoms with E-state index in [0.717, 1.165) is 51.1 Å². The number of ether oxygens (including phenoxy) is 5. The Kier molecular flexibility index (Phi) is 16.1. The molecule has 0 spiro atoms. The van der Waals surface area contributed by atoms with Crippen LogP contribution in [0.5, 0.6) is 5.75 Å². The number of benzene rings is 1. The van der Waals surface area contributed by atoms with Gasteiger partial charge in [-0.3, -0.25) is 4.79 Å². The van der Waals surface area contributed by atoms with E-state index in [9.17, 15) is 4.79 Å². The van der Waals surface area contributed by atoms with E-state index in [4.69, 9.17) is 24.7 Å². The van der Waals surface area contributed by atoms with Crippen LogP contribution < -0.4 is 10.5 Å². The molecule has 0 saturated carbocycles. The zero-order valence-corrected chi connectivity index (χ0v) is 17.7. The molecule has 0 radical (unpaired) electrons. The fourth-order valence-electron chi connectivity index (χ4n) is 2.61. The van der Waals surface area contributed by atoms with Gasteiger partial charge in [0.25, 0.3) is 0 Å². The van der Waals surface area contributed by atoms with Crippen LogP contribution in [0.2, 0.25) is 0 Å². The van der Waals surface area contributed by atoms with Crippen LogP contribution in [0.3, 0.4) is 0 Å². The summed E-state index contributed by atoms with van der Waals surface area (Å²) in [5, 5.41) is 0. The van der Waals surface area contributed by atoms with E-state index >= 15 is 0 Å². The predicted molar refractivity (Wildman–Crippen MR) is 112 cm³/mol. The summed E-state index contributed by atoms with van der Waals surface area (Å²) in [5.74, 6) is 0.660. The normalized spacial score (nSPS) is 10.8. The molecule has 0 aromatic heterocycles. The van der Waals surface area contributed by atoms with Crippen molar-refractivity contribution in [2.24, 2.45) is 5.73 Å². The number of hydrogen-bond acceptors (Lipinski definition) is 7. The summed E-state index contributed by atoms with van der Waals surface area (Å²) < 4.78 is 26.5. The van der Waals surface area contributed by atoms with E-state index in [1.54, 1.807) is 0 Å². The average Bonchev–Trinajstić information content (AvgIpc) is 2.73. The summed E-state index contributed by atoms with van der Waals surface area (Å²) in [5.41, 5.74) is 6.80. The van der Waals surface area contributed by atoms with Crippen LogP contribution in [0.4, 0.5) is 0 Å². The first-order chi connectivity index (χ1) is 14.3. The summed E-state index contributed by atoms with van der Waals surface area (Å²) in [7, 11) is 1.37. The number of hydrogen-bond donors (Lipinski definition) is 1. The highest BCUT2D eigenvalue weighted by Gasteiger charge is 1.99. The molecule has 0 atom stereocenters. The van der Waals surface area contributed by atoms with E-state index in [0.29, 0.717) is 39.6 Å². The predicted octanol–water partition coefficient (Wildman–Crippen LogP) is 2.74. The van der Waals surface area contributed by atoms with Gasteiger partial charge in [0.2, 0.25) is 0 Å². The number of carbonyl (C=O) groups is 1. The summed E-state index contributed by atoms with van der Waals surface area (Å²) in [6.45, 7) is 4.62. The zero-order chi connectivity index (χ0) is 21.0. The zero-order valence-electron chi connectivity index (χ0n) is 17.7. The van der Waals surface area contributed by atoms with Crippen LogP contribution >= 0.6 is 0 Å². The molecule has 1 aromatic carbocycles. The third-order valence-electron chi connectivity index (χ3n) is 4.21. The van der Waals surface area contributed by atoms with Crippen LogP contribution in [0, 0.1) is 0 Å². The second-order valence-electron chi connectivity index (χ2n) is 6.61. The first-order valence-electron chi connectivity index (χ1n) is 10.5. The van der Waals surface area contributed by atoms with Gasteiger partial charge >= 0.3 is 5.97 Å². The summed E-state index contributed by atoms with van der Waals surface area (Å²) in [6.07, 6.45) is 5.50. The first-order valence-corrected chi connectivity index (χ1v) is 10.5. The summed E-state index contributed by atoms with van der Waals surface area (Å²) >= 11 is 0. The van der Waals surface area contributed by atoms with Crippen LogP contribution in [0.25, 0.3) is 0 Å². The maximum absolute atomic E-state index is 10.9. The van der Waals surface area contributed by atoms with Crippen molar-refractivity contribution in [3.05, 3.63) is 29.8 Å². The highest BCUT2D eigenvalue weighted by Crippen LogP contribution is 2.14. The van der Waals surface area contributed by atoms with Crippen LogP contribution in [0.1, 0.15) is 37.7 Å². The smallest absolute Gasteiger partial charge is 0.307 e. The fraction of sp³-hybridized carbons (Fsp3) is 0.682. The van der Waals surface area contributed by atoms with Crippen LogP contribution in [-0.2, 0) is 30.2 Å². The van der Waals surface area contributed by atoms with Crippen molar-refractivity contribution in [3.8, 4) is 5.75 Å². The van der Waals surface area contributed by atoms with Gasteiger partial charge in [0.15, 0.2) is 0 Å². The van der Waals surface area contributed by atoms with Crippen molar-refractivity contribution in [3.63, 3.8) is 0 Å². The molecule has 0 saturated heterocycles. The molecule has 0 heterocycles. The van der Waals surface area contributed by atoms with Crippen LogP contribution in [0.15, 0.2) is 24.3 Å². The highest BCUT2D eigenvalue weighted by molar-refractivity contribution is 5.69. The Morgan fingerprint density at radius 2 is 1.52 bits per heavy atom. The average molecular weight is 412 g/mol. The minimum absolute atomic E-state index is 0.264. The largest absolute Gasteiger partial charge is 0.494 e. The number of carbonyl (C=O) groups excluding carboxylic acids is 1. The molecule has 1 aromatic rings. The van der Waals surface area contributed by atoms with Gasteiger partial charge in [-0.1, -0.05) is 18.6 Å². The van der Waals surface area contributed by atoms with Gasteiger partial charge in [-0.2, -0.15) is 0 Å². The standard InChI is InChI=1S/C22H37NO6/c1-25-22(24)10-14-27-16-18-28-17-15-26-12-4-2-3-5-13-29-21-8-6-7-20(19-21)9-11-23/h6-8,19H,2-5,9-18,23H2,1H3. The lowest BCUT2D eigenvalue weighted by molar-refractivity contribution is -0.141. The Balaban J connectivity index is 1.80. The monoisotopic (exact) mass is 411 g/mol. The molecule has 0 unspecified atom stereocenters. The maximum atomic E-state index is 10.9. The van der Waals surface area contributed by atoms with Gasteiger partial charge in [0, 0.05) is 6.61 Å². The summed E-state index contributed by atoms with van der Waals surface area (Å²) in [6, 6.07) is 8.15. The molecule has 0 aliphatic rings. The van der Waals surface area contributed by atoms with Gasteiger partial charge in [-0.25, -0.2) is 0 Å². The van der Waals surface area contributed by atoms with Gasteiger partial charge in [-0.05, 0) is 49.9 Å². The van der Waals surface area contributed by atoms with Gasteiger partial charge in [-0.15, -0.1) is 0 Å². The molecule has 0 aliphatic carbocycles. The Morgan fingerprint density at radius 3 is 2.21 bits per heavy atom. The van der Waals surface area contributed by atoms with Gasteiger partial charge in [0.1, 0.15) is 5.75 Å². The van der Waals surface area contributed by atoms with E-state index in [1.807, 2.05) is 12.1 Å². The van der Waals surface area contributed by atoms with E-state index in [2.05, 4.69) is 16.9 Å². The fourth-order valence-corrected chi connectivity index (χ4v) is 2.61. The summed E-state index contributed by atoms with van der Waals surface area (Å²) in [4.78, 5) is 10.9. The molecule has 7 nitrogen and oxygen atoms in total. The number of esters is 1. The molecular weight excluding hydrogens is 374 g/mol. The minimum Gasteiger partial charge on any atom is -0.494 e. The third kappa shape index (κ3) is 14.9. The van der Waals surface area contributed by atoms with Crippen molar-refractivity contribution < 1.29 is 28.5 Å². The van der Waals surface area contributed by atoms with Crippen molar-refractivity contribution in [2.45, 2.75) is 38.5 Å². The molecule has 2 N–H and O–H groups in total. The molecule has 1 rings (SSSR count). The van der Waals surface area contributed by atoms with Crippen molar-refractivity contribution >= 4 is 5.97 Å². The number of unbranched alkanes of at least 4 members (excludes halogenated alkanes) is 3. The SMILES string of the molecule is COC(=O)CCOCCOCCOCCCCCCOc1cccc(CCN)c1. The van der Waals surface area contributed by atoms with Gasteiger partial charge in [0.05, 0.1) is 53.2 Å². The molecule has 0 amide bonds. The molecule has 0 fully saturated rings. The Bertz CT molecular complexity index is 526. The second-order valence-corrected chi connectivity index (χ2v) is 6.61. The lowest BCUT2D eigenvalue weighted by Gasteiger charge is -2.08. The Morgan fingerprint density at radius 1 is 0.862 bits per heavy atom. The lowest BCUT2D eigenvalue weighted by atomic mass is 10.1. The molecule has 29 heavy (non-hydrogen) atoms. The van der Waals surface area contributed by atoms with E-state index in [1.165, 1.54) is 12.7 Å². The third-order valence-corrected chi connectivity index (χ3v) is 4.21.